The Balaban J connectivity index is 1.99. The first-order valence-electron chi connectivity index (χ1n) is 4.83. The molecule has 4 heteroatoms. The van der Waals surface area contributed by atoms with Crippen LogP contribution in [0, 0.1) is 13.8 Å². The molecule has 0 unspecified atom stereocenters. The topological polar surface area (TPSA) is 37.8 Å². The minimum absolute atomic E-state index is 0.695. The van der Waals surface area contributed by atoms with Crippen molar-refractivity contribution in [3.05, 3.63) is 39.8 Å². The molecule has 0 aliphatic heterocycles. The molecule has 0 fully saturated rings. The van der Waals surface area contributed by atoms with Crippen LogP contribution in [-0.4, -0.2) is 9.97 Å². The number of aromatic nitrogens is 2. The summed E-state index contributed by atoms with van der Waals surface area (Å²) in [6.45, 7) is 4.86. The van der Waals surface area contributed by atoms with Gasteiger partial charge in [-0.25, -0.2) is 9.97 Å². The van der Waals surface area contributed by atoms with Crippen LogP contribution in [-0.2, 0) is 6.54 Å². The Labute approximate surface area is 93.2 Å². The zero-order valence-corrected chi connectivity index (χ0v) is 9.64. The predicted octanol–water partition coefficient (Wildman–Crippen LogP) is 2.77. The molecule has 3 nitrogen and oxygen atoms in total. The predicted molar refractivity (Wildman–Crippen MR) is 63.2 cm³/mol. The highest BCUT2D eigenvalue weighted by atomic mass is 32.1. The maximum absolute atomic E-state index is 4.28. The van der Waals surface area contributed by atoms with Gasteiger partial charge in [0.25, 0.3) is 0 Å². The smallest absolute Gasteiger partial charge is 0.223 e. The molecular weight excluding hydrogens is 206 g/mol. The molecule has 2 rings (SSSR count). The summed E-state index contributed by atoms with van der Waals surface area (Å²) >= 11 is 1.79. The standard InChI is InChI=1S/C11H13N3S/c1-8-5-6-12-11(14-8)13-7-10-4-3-9(2)15-10/h3-6H,7H2,1-2H3,(H,12,13,14). The van der Waals surface area contributed by atoms with Crippen LogP contribution in [0.4, 0.5) is 5.95 Å². The molecule has 1 N–H and O–H groups in total. The lowest BCUT2D eigenvalue weighted by molar-refractivity contribution is 1.04. The third-order valence-corrected chi connectivity index (χ3v) is 3.01. The average Bonchev–Trinajstić information content (AvgIpc) is 2.62. The fourth-order valence-electron chi connectivity index (χ4n) is 1.28. The van der Waals surface area contributed by atoms with E-state index in [-0.39, 0.29) is 0 Å². The number of nitrogens with one attached hydrogen (secondary N) is 1. The van der Waals surface area contributed by atoms with Gasteiger partial charge in [0.15, 0.2) is 0 Å². The Bertz CT molecular complexity index is 451. The molecular formula is C11H13N3S. The number of aryl methyl sites for hydroxylation is 2. The van der Waals surface area contributed by atoms with E-state index in [4.69, 9.17) is 0 Å². The molecule has 2 aromatic rings. The van der Waals surface area contributed by atoms with Crippen molar-refractivity contribution in [2.24, 2.45) is 0 Å². The molecule has 2 heterocycles. The maximum Gasteiger partial charge on any atom is 0.223 e. The molecule has 0 radical (unpaired) electrons. The molecule has 0 aliphatic carbocycles. The van der Waals surface area contributed by atoms with E-state index in [1.165, 1.54) is 9.75 Å². The molecule has 0 spiro atoms. The van der Waals surface area contributed by atoms with Crippen LogP contribution in [0.2, 0.25) is 0 Å². The van der Waals surface area contributed by atoms with E-state index in [9.17, 15) is 0 Å². The molecule has 0 saturated heterocycles. The Hall–Kier alpha value is -1.42. The van der Waals surface area contributed by atoms with E-state index < -0.39 is 0 Å². The Kier molecular flexibility index (Phi) is 2.97. The van der Waals surface area contributed by atoms with Crippen LogP contribution in [0.15, 0.2) is 24.4 Å². The molecule has 0 atom stereocenters. The van der Waals surface area contributed by atoms with Crippen molar-refractivity contribution in [1.82, 2.24) is 9.97 Å². The highest BCUT2D eigenvalue weighted by molar-refractivity contribution is 7.11. The first kappa shape index (κ1) is 10.1. The number of thiophene rings is 1. The van der Waals surface area contributed by atoms with E-state index >= 15 is 0 Å². The molecule has 0 bridgehead atoms. The highest BCUT2D eigenvalue weighted by Crippen LogP contribution is 2.15. The largest absolute Gasteiger partial charge is 0.349 e. The SMILES string of the molecule is Cc1ccnc(NCc2ccc(C)s2)n1. The molecule has 0 saturated carbocycles. The van der Waals surface area contributed by atoms with Crippen molar-refractivity contribution >= 4 is 17.3 Å². The fraction of sp³-hybridized carbons (Fsp3) is 0.273. The van der Waals surface area contributed by atoms with E-state index in [1.807, 2.05) is 13.0 Å². The first-order chi connectivity index (χ1) is 7.24. The van der Waals surface area contributed by atoms with Gasteiger partial charge in [0.2, 0.25) is 5.95 Å². The Morgan fingerprint density at radius 3 is 2.80 bits per heavy atom. The van der Waals surface area contributed by atoms with Gasteiger partial charge in [0.1, 0.15) is 0 Å². The summed E-state index contributed by atoms with van der Waals surface area (Å²) in [7, 11) is 0. The highest BCUT2D eigenvalue weighted by Gasteiger charge is 1.98. The van der Waals surface area contributed by atoms with Crippen LogP contribution in [0.3, 0.4) is 0 Å². The van der Waals surface area contributed by atoms with Gasteiger partial charge < -0.3 is 5.32 Å². The van der Waals surface area contributed by atoms with Crippen LogP contribution in [0.1, 0.15) is 15.4 Å². The zero-order valence-electron chi connectivity index (χ0n) is 8.82. The van der Waals surface area contributed by atoms with Gasteiger partial charge >= 0.3 is 0 Å². The lowest BCUT2D eigenvalue weighted by Crippen LogP contribution is -2.02. The van der Waals surface area contributed by atoms with Crippen LogP contribution >= 0.6 is 11.3 Å². The van der Waals surface area contributed by atoms with Crippen molar-refractivity contribution in [2.45, 2.75) is 20.4 Å². The Morgan fingerprint density at radius 2 is 2.13 bits per heavy atom. The quantitative estimate of drug-likeness (QED) is 0.862. The minimum Gasteiger partial charge on any atom is -0.349 e. The van der Waals surface area contributed by atoms with E-state index in [1.54, 1.807) is 17.5 Å². The monoisotopic (exact) mass is 219 g/mol. The number of anilines is 1. The van der Waals surface area contributed by atoms with Crippen molar-refractivity contribution in [2.75, 3.05) is 5.32 Å². The summed E-state index contributed by atoms with van der Waals surface area (Å²) in [6, 6.07) is 6.14. The van der Waals surface area contributed by atoms with E-state index in [2.05, 4.69) is 34.3 Å². The first-order valence-corrected chi connectivity index (χ1v) is 5.64. The molecule has 0 aromatic carbocycles. The van der Waals surface area contributed by atoms with Gasteiger partial charge in [-0.1, -0.05) is 0 Å². The lowest BCUT2D eigenvalue weighted by Gasteiger charge is -2.02. The van der Waals surface area contributed by atoms with Crippen molar-refractivity contribution < 1.29 is 0 Å². The molecule has 15 heavy (non-hydrogen) atoms. The van der Waals surface area contributed by atoms with Crippen molar-refractivity contribution in [1.29, 1.82) is 0 Å². The molecule has 78 valence electrons. The van der Waals surface area contributed by atoms with E-state index in [0.29, 0.717) is 5.95 Å². The van der Waals surface area contributed by atoms with Gasteiger partial charge in [-0.15, -0.1) is 11.3 Å². The maximum atomic E-state index is 4.28. The van der Waals surface area contributed by atoms with Crippen LogP contribution in [0.5, 0.6) is 0 Å². The fourth-order valence-corrected chi connectivity index (χ4v) is 2.11. The number of rotatable bonds is 3. The summed E-state index contributed by atoms with van der Waals surface area (Å²) in [6.07, 6.45) is 1.77. The third-order valence-electron chi connectivity index (χ3n) is 2.01. The van der Waals surface area contributed by atoms with Crippen molar-refractivity contribution in [3.8, 4) is 0 Å². The number of hydrogen-bond donors (Lipinski definition) is 1. The van der Waals surface area contributed by atoms with Crippen molar-refractivity contribution in [3.63, 3.8) is 0 Å². The third kappa shape index (κ3) is 2.76. The number of nitrogens with zero attached hydrogens (tertiary/aromatic N) is 2. The van der Waals surface area contributed by atoms with Gasteiger partial charge in [-0.05, 0) is 32.0 Å². The van der Waals surface area contributed by atoms with Gasteiger partial charge in [-0.3, -0.25) is 0 Å². The minimum atomic E-state index is 0.695. The second kappa shape index (κ2) is 4.40. The number of hydrogen-bond acceptors (Lipinski definition) is 4. The molecule has 2 aromatic heterocycles. The molecule has 0 aliphatic rings. The lowest BCUT2D eigenvalue weighted by atomic mass is 10.4. The molecule has 0 amide bonds. The summed E-state index contributed by atoms with van der Waals surface area (Å²) < 4.78 is 0. The van der Waals surface area contributed by atoms with E-state index in [0.717, 1.165) is 12.2 Å². The van der Waals surface area contributed by atoms with Gasteiger partial charge in [0, 0.05) is 21.6 Å². The van der Waals surface area contributed by atoms with Crippen LogP contribution < -0.4 is 5.32 Å². The normalized spacial score (nSPS) is 10.3. The average molecular weight is 219 g/mol. The Morgan fingerprint density at radius 1 is 1.27 bits per heavy atom. The summed E-state index contributed by atoms with van der Waals surface area (Å²) in [5.41, 5.74) is 0.981. The second-order valence-electron chi connectivity index (χ2n) is 3.39. The van der Waals surface area contributed by atoms with Gasteiger partial charge in [0.05, 0.1) is 6.54 Å². The van der Waals surface area contributed by atoms with Gasteiger partial charge in [-0.2, -0.15) is 0 Å². The summed E-state index contributed by atoms with van der Waals surface area (Å²) in [5, 5.41) is 3.20. The van der Waals surface area contributed by atoms with Crippen LogP contribution in [0.25, 0.3) is 0 Å². The zero-order chi connectivity index (χ0) is 10.7. The summed E-state index contributed by atoms with van der Waals surface area (Å²) in [5.74, 6) is 0.695. The second-order valence-corrected chi connectivity index (χ2v) is 4.76. The summed E-state index contributed by atoms with van der Waals surface area (Å²) in [4.78, 5) is 11.1.